The van der Waals surface area contributed by atoms with E-state index in [4.69, 9.17) is 10.8 Å². The number of nitrogens with zero attached hydrogens (tertiary/aromatic N) is 1. The molecule has 124 valence electrons. The van der Waals surface area contributed by atoms with E-state index in [9.17, 15) is 20.4 Å². The predicted molar refractivity (Wildman–Crippen MR) is 79.3 cm³/mol. The van der Waals surface area contributed by atoms with E-state index in [1.807, 2.05) is 4.90 Å². The van der Waals surface area contributed by atoms with Gasteiger partial charge in [0.15, 0.2) is 0 Å². The molecule has 0 bridgehead atoms. The molecule has 7 nitrogen and oxygen atoms in total. The number of aliphatic hydroxyl groups excluding tert-OH is 5. The molecule has 0 aromatic rings. The van der Waals surface area contributed by atoms with Gasteiger partial charge in [0.05, 0.1) is 12.7 Å². The Morgan fingerprint density at radius 1 is 0.950 bits per heavy atom. The van der Waals surface area contributed by atoms with E-state index >= 15 is 0 Å². The first-order chi connectivity index (χ1) is 8.45. The Morgan fingerprint density at radius 3 is 1.85 bits per heavy atom. The molecule has 0 spiro atoms. The van der Waals surface area contributed by atoms with E-state index < -0.39 is 31.0 Å². The highest BCUT2D eigenvalue weighted by atomic mass is 35.5. The molecule has 0 radical (unpaired) electrons. The van der Waals surface area contributed by atoms with Crippen molar-refractivity contribution in [2.24, 2.45) is 5.73 Å². The van der Waals surface area contributed by atoms with Gasteiger partial charge in [-0.05, 0) is 25.9 Å². The minimum absolute atomic E-state index is 0. The Morgan fingerprint density at radius 2 is 1.40 bits per heavy atom. The molecule has 4 atom stereocenters. The van der Waals surface area contributed by atoms with Crippen LogP contribution in [-0.4, -0.2) is 87.1 Å². The first-order valence-corrected chi connectivity index (χ1v) is 6.26. The smallest absolute Gasteiger partial charge is 0.111 e. The zero-order valence-electron chi connectivity index (χ0n) is 11.2. The molecule has 0 aromatic carbocycles. The summed E-state index contributed by atoms with van der Waals surface area (Å²) >= 11 is 0. The molecule has 1 fully saturated rings. The summed E-state index contributed by atoms with van der Waals surface area (Å²) in [6.07, 6.45) is -3.99. The molecule has 1 heterocycles. The SMILES string of the molecule is Cl.Cl.NC1CCN(C[C@H](O)[C@@H](O)[C@H](O)[C@H](O)CO)CC1. The number of aliphatic hydroxyl groups is 5. The van der Waals surface area contributed by atoms with Gasteiger partial charge in [0, 0.05) is 12.6 Å². The van der Waals surface area contributed by atoms with Crippen LogP contribution in [0.5, 0.6) is 0 Å². The maximum atomic E-state index is 9.78. The van der Waals surface area contributed by atoms with Crippen molar-refractivity contribution in [2.45, 2.75) is 43.3 Å². The van der Waals surface area contributed by atoms with Crippen LogP contribution in [0.1, 0.15) is 12.8 Å². The lowest BCUT2D eigenvalue weighted by molar-refractivity contribution is -0.120. The van der Waals surface area contributed by atoms with E-state index in [0.717, 1.165) is 25.9 Å². The Balaban J connectivity index is 0. The second kappa shape index (κ2) is 10.9. The van der Waals surface area contributed by atoms with E-state index in [-0.39, 0.29) is 37.4 Å². The van der Waals surface area contributed by atoms with Crippen molar-refractivity contribution in [3.63, 3.8) is 0 Å². The third-order valence-electron chi connectivity index (χ3n) is 3.40. The van der Waals surface area contributed by atoms with Gasteiger partial charge in [0.25, 0.3) is 0 Å². The second-order valence-corrected chi connectivity index (χ2v) is 4.94. The van der Waals surface area contributed by atoms with E-state index in [0.29, 0.717) is 0 Å². The monoisotopic (exact) mass is 336 g/mol. The second-order valence-electron chi connectivity index (χ2n) is 4.94. The molecule has 1 rings (SSSR count). The Bertz CT molecular complexity index is 245. The van der Waals surface area contributed by atoms with Crippen molar-refractivity contribution in [2.75, 3.05) is 26.2 Å². The Labute approximate surface area is 131 Å². The fourth-order valence-electron chi connectivity index (χ4n) is 2.07. The van der Waals surface area contributed by atoms with Crippen LogP contribution in [0, 0.1) is 0 Å². The zero-order chi connectivity index (χ0) is 13.7. The summed E-state index contributed by atoms with van der Waals surface area (Å²) in [6.45, 7) is 1.03. The first kappa shape index (κ1) is 22.6. The van der Waals surface area contributed by atoms with Gasteiger partial charge in [-0.1, -0.05) is 0 Å². The fraction of sp³-hybridized carbons (Fsp3) is 1.00. The van der Waals surface area contributed by atoms with E-state index in [1.54, 1.807) is 0 Å². The summed E-state index contributed by atoms with van der Waals surface area (Å²) in [7, 11) is 0. The number of hydrogen-bond acceptors (Lipinski definition) is 7. The number of likely N-dealkylation sites (tertiary alicyclic amines) is 1. The summed E-state index contributed by atoms with van der Waals surface area (Å²) in [4.78, 5) is 1.95. The van der Waals surface area contributed by atoms with Crippen molar-refractivity contribution in [1.29, 1.82) is 0 Å². The van der Waals surface area contributed by atoms with Crippen LogP contribution in [-0.2, 0) is 0 Å². The molecule has 0 aromatic heterocycles. The standard InChI is InChI=1S/C11H24N2O5.2ClH/c12-7-1-3-13(4-2-7)5-8(15)10(17)11(18)9(16)6-14;;/h7-11,14-18H,1-6,12H2;2*1H/t8-,9+,10+,11+;;/m0../s1. The molecule has 0 amide bonds. The number of halogens is 2. The molecular weight excluding hydrogens is 311 g/mol. The molecule has 1 saturated heterocycles. The van der Waals surface area contributed by atoms with Crippen LogP contribution in [0.4, 0.5) is 0 Å². The van der Waals surface area contributed by atoms with Crippen LogP contribution in [0.2, 0.25) is 0 Å². The van der Waals surface area contributed by atoms with Gasteiger partial charge in [-0.25, -0.2) is 0 Å². The van der Waals surface area contributed by atoms with Crippen molar-refractivity contribution in [3.05, 3.63) is 0 Å². The highest BCUT2D eigenvalue weighted by Crippen LogP contribution is 2.11. The normalized spacial score (nSPS) is 23.1. The number of rotatable bonds is 6. The summed E-state index contributed by atoms with van der Waals surface area (Å²) in [5.41, 5.74) is 5.75. The third kappa shape index (κ3) is 6.84. The van der Waals surface area contributed by atoms with Crippen molar-refractivity contribution < 1.29 is 25.5 Å². The summed E-state index contributed by atoms with van der Waals surface area (Å²) in [6, 6.07) is 0.185. The Hall–Kier alpha value is 0.300. The lowest BCUT2D eigenvalue weighted by Crippen LogP contribution is -2.51. The molecule has 1 aliphatic heterocycles. The van der Waals surface area contributed by atoms with Crippen LogP contribution in [0.3, 0.4) is 0 Å². The van der Waals surface area contributed by atoms with Crippen LogP contribution < -0.4 is 5.73 Å². The highest BCUT2D eigenvalue weighted by Gasteiger charge is 2.31. The summed E-state index contributed by atoms with van der Waals surface area (Å²) in [5, 5.41) is 46.7. The van der Waals surface area contributed by atoms with E-state index in [1.165, 1.54) is 0 Å². The van der Waals surface area contributed by atoms with Gasteiger partial charge >= 0.3 is 0 Å². The molecule has 0 aliphatic carbocycles. The van der Waals surface area contributed by atoms with Gasteiger partial charge in [0.2, 0.25) is 0 Å². The topological polar surface area (TPSA) is 130 Å². The maximum absolute atomic E-state index is 9.78. The number of nitrogens with two attached hydrogens (primary N) is 1. The number of β-amino-alcohol motifs (C(OH)–C–C–N with tert-alkyl or cyclic N) is 1. The summed E-state index contributed by atoms with van der Waals surface area (Å²) < 4.78 is 0. The molecule has 0 unspecified atom stereocenters. The third-order valence-corrected chi connectivity index (χ3v) is 3.40. The quantitative estimate of drug-likeness (QED) is 0.321. The fourth-order valence-corrected chi connectivity index (χ4v) is 2.07. The predicted octanol–water partition coefficient (Wildman–Crippen LogP) is -2.31. The van der Waals surface area contributed by atoms with Gasteiger partial charge in [-0.15, -0.1) is 24.8 Å². The molecule has 0 saturated carbocycles. The average Bonchev–Trinajstić information content (AvgIpc) is 2.38. The largest absolute Gasteiger partial charge is 0.394 e. The van der Waals surface area contributed by atoms with Crippen LogP contribution >= 0.6 is 24.8 Å². The number of hydrogen-bond donors (Lipinski definition) is 6. The van der Waals surface area contributed by atoms with Gasteiger partial charge < -0.3 is 36.2 Å². The van der Waals surface area contributed by atoms with Crippen molar-refractivity contribution in [3.8, 4) is 0 Å². The molecule has 9 heteroatoms. The van der Waals surface area contributed by atoms with Crippen LogP contribution in [0.15, 0.2) is 0 Å². The maximum Gasteiger partial charge on any atom is 0.111 e. The van der Waals surface area contributed by atoms with Crippen LogP contribution in [0.25, 0.3) is 0 Å². The highest BCUT2D eigenvalue weighted by molar-refractivity contribution is 5.85. The molecule has 20 heavy (non-hydrogen) atoms. The first-order valence-electron chi connectivity index (χ1n) is 6.26. The average molecular weight is 337 g/mol. The summed E-state index contributed by atoms with van der Waals surface area (Å²) in [5.74, 6) is 0. The van der Waals surface area contributed by atoms with Gasteiger partial charge in [-0.3, -0.25) is 0 Å². The van der Waals surface area contributed by atoms with E-state index in [2.05, 4.69) is 0 Å². The zero-order valence-corrected chi connectivity index (χ0v) is 12.8. The molecule has 1 aliphatic rings. The van der Waals surface area contributed by atoms with Gasteiger partial charge in [-0.2, -0.15) is 0 Å². The van der Waals surface area contributed by atoms with Crippen molar-refractivity contribution >= 4 is 24.8 Å². The van der Waals surface area contributed by atoms with Gasteiger partial charge in [0.1, 0.15) is 18.3 Å². The lowest BCUT2D eigenvalue weighted by atomic mass is 10.0. The lowest BCUT2D eigenvalue weighted by Gasteiger charge is -2.34. The molecular formula is C11H26Cl2N2O5. The molecule has 7 N–H and O–H groups in total. The minimum Gasteiger partial charge on any atom is -0.394 e. The van der Waals surface area contributed by atoms with Crippen molar-refractivity contribution in [1.82, 2.24) is 4.90 Å². The number of piperidine rings is 1. The Kier molecular flexibility index (Phi) is 12.4. The minimum atomic E-state index is -1.56.